The SMILES string of the molecule is CCCOC(=O)c1c(NC(=O)c2c(F)c(F)c(F)c(F)c2F)sc2c1CC[C@H](C)C2. The van der Waals surface area contributed by atoms with Gasteiger partial charge >= 0.3 is 5.97 Å². The van der Waals surface area contributed by atoms with Crippen LogP contribution >= 0.6 is 11.3 Å². The van der Waals surface area contributed by atoms with Crippen LogP contribution in [0, 0.1) is 35.0 Å². The van der Waals surface area contributed by atoms with Gasteiger partial charge in [-0.15, -0.1) is 11.3 Å². The number of esters is 1. The lowest BCUT2D eigenvalue weighted by molar-refractivity contribution is 0.0505. The van der Waals surface area contributed by atoms with Gasteiger partial charge in [-0.25, -0.2) is 26.7 Å². The van der Waals surface area contributed by atoms with Gasteiger partial charge in [-0.3, -0.25) is 4.79 Å². The second-order valence-electron chi connectivity index (χ2n) is 7.09. The molecule has 1 heterocycles. The monoisotopic (exact) mass is 447 g/mol. The van der Waals surface area contributed by atoms with Crippen molar-refractivity contribution in [3.8, 4) is 0 Å². The van der Waals surface area contributed by atoms with Crippen LogP contribution in [0.25, 0.3) is 0 Å². The first kappa shape index (κ1) is 22.2. The normalized spacial score (nSPS) is 15.6. The fourth-order valence-corrected chi connectivity index (χ4v) is 4.69. The summed E-state index contributed by atoms with van der Waals surface area (Å²) in [6.07, 6.45) is 2.53. The van der Waals surface area contributed by atoms with E-state index in [1.165, 1.54) is 0 Å². The van der Waals surface area contributed by atoms with E-state index in [-0.39, 0.29) is 17.2 Å². The van der Waals surface area contributed by atoms with Crippen LogP contribution in [0.15, 0.2) is 0 Å². The number of carbonyl (C=O) groups is 2. The van der Waals surface area contributed by atoms with Crippen molar-refractivity contribution in [3.05, 3.63) is 50.7 Å². The highest BCUT2D eigenvalue weighted by atomic mass is 32.1. The van der Waals surface area contributed by atoms with Crippen molar-refractivity contribution in [2.24, 2.45) is 5.92 Å². The van der Waals surface area contributed by atoms with Gasteiger partial charge in [0.2, 0.25) is 5.82 Å². The Morgan fingerprint density at radius 1 is 1.03 bits per heavy atom. The lowest BCUT2D eigenvalue weighted by Crippen LogP contribution is -2.20. The first-order valence-corrected chi connectivity index (χ1v) is 10.1. The van der Waals surface area contributed by atoms with Crippen LogP contribution in [0.1, 0.15) is 57.8 Å². The van der Waals surface area contributed by atoms with E-state index >= 15 is 0 Å². The second-order valence-corrected chi connectivity index (χ2v) is 8.20. The third-order valence-electron chi connectivity index (χ3n) is 4.82. The summed E-state index contributed by atoms with van der Waals surface area (Å²) in [6, 6.07) is 0. The Bertz CT molecular complexity index is 992. The summed E-state index contributed by atoms with van der Waals surface area (Å²) in [7, 11) is 0. The van der Waals surface area contributed by atoms with Gasteiger partial charge in [-0.1, -0.05) is 13.8 Å². The first-order chi connectivity index (χ1) is 14.2. The highest BCUT2D eigenvalue weighted by Gasteiger charge is 2.33. The number of thiophene rings is 1. The summed E-state index contributed by atoms with van der Waals surface area (Å²) in [5.74, 6) is -13.2. The van der Waals surface area contributed by atoms with E-state index in [9.17, 15) is 31.5 Å². The average Bonchev–Trinajstić information content (AvgIpc) is 3.05. The number of hydrogen-bond donors (Lipinski definition) is 1. The number of hydrogen-bond acceptors (Lipinski definition) is 4. The molecule has 1 aliphatic rings. The number of carbonyl (C=O) groups excluding carboxylic acids is 2. The number of benzene rings is 1. The number of nitrogens with one attached hydrogen (secondary N) is 1. The Balaban J connectivity index is 2.03. The lowest BCUT2D eigenvalue weighted by Gasteiger charge is -2.18. The van der Waals surface area contributed by atoms with Crippen LogP contribution in [0.3, 0.4) is 0 Å². The topological polar surface area (TPSA) is 55.4 Å². The quantitative estimate of drug-likeness (QED) is 0.290. The summed E-state index contributed by atoms with van der Waals surface area (Å²) in [5, 5.41) is 2.12. The highest BCUT2D eigenvalue weighted by molar-refractivity contribution is 7.17. The minimum Gasteiger partial charge on any atom is -0.462 e. The molecule has 3 rings (SSSR count). The molecule has 2 aromatic rings. The molecule has 162 valence electrons. The van der Waals surface area contributed by atoms with Crippen molar-refractivity contribution >= 4 is 28.2 Å². The maximum absolute atomic E-state index is 14.0. The summed E-state index contributed by atoms with van der Waals surface area (Å²) in [5.41, 5.74) is -0.876. The minimum atomic E-state index is -2.36. The molecule has 0 saturated carbocycles. The molecule has 0 fully saturated rings. The van der Waals surface area contributed by atoms with Crippen LogP contribution < -0.4 is 5.32 Å². The van der Waals surface area contributed by atoms with Gasteiger partial charge in [0.25, 0.3) is 5.91 Å². The predicted octanol–water partition coefficient (Wildman–Crippen LogP) is 5.39. The zero-order valence-corrected chi connectivity index (χ0v) is 17.0. The van der Waals surface area contributed by atoms with E-state index in [2.05, 4.69) is 5.32 Å². The molecule has 0 spiro atoms. The van der Waals surface area contributed by atoms with Gasteiger partial charge in [0, 0.05) is 4.88 Å². The maximum Gasteiger partial charge on any atom is 0.341 e. The number of anilines is 1. The maximum atomic E-state index is 14.0. The molecular formula is C20H18F5NO3S. The van der Waals surface area contributed by atoms with Gasteiger partial charge < -0.3 is 10.1 Å². The van der Waals surface area contributed by atoms with Crippen molar-refractivity contribution in [1.29, 1.82) is 0 Å². The second kappa shape index (κ2) is 8.71. The molecule has 30 heavy (non-hydrogen) atoms. The molecule has 0 bridgehead atoms. The fraction of sp³-hybridized carbons (Fsp3) is 0.400. The number of halogens is 5. The van der Waals surface area contributed by atoms with Gasteiger partial charge in [0.1, 0.15) is 10.6 Å². The van der Waals surface area contributed by atoms with Crippen LogP contribution in [-0.2, 0) is 17.6 Å². The van der Waals surface area contributed by atoms with E-state index in [0.717, 1.165) is 22.6 Å². The Hall–Kier alpha value is -2.49. The molecule has 0 aliphatic heterocycles. The van der Waals surface area contributed by atoms with E-state index in [4.69, 9.17) is 4.74 Å². The Morgan fingerprint density at radius 2 is 1.63 bits per heavy atom. The van der Waals surface area contributed by atoms with E-state index < -0.39 is 46.5 Å². The van der Waals surface area contributed by atoms with Crippen LogP contribution in [0.4, 0.5) is 27.0 Å². The molecular weight excluding hydrogens is 429 g/mol. The zero-order valence-electron chi connectivity index (χ0n) is 16.1. The first-order valence-electron chi connectivity index (χ1n) is 9.31. The molecule has 0 radical (unpaired) electrons. The molecule has 1 N–H and O–H groups in total. The van der Waals surface area contributed by atoms with Gasteiger partial charge in [0.15, 0.2) is 23.3 Å². The number of fused-ring (bicyclic) bond motifs is 1. The Labute approximate surface area is 173 Å². The van der Waals surface area contributed by atoms with Crippen molar-refractivity contribution < 1.29 is 36.3 Å². The number of ether oxygens (including phenoxy) is 1. The van der Waals surface area contributed by atoms with E-state index in [1.807, 2.05) is 6.92 Å². The molecule has 1 aromatic heterocycles. The van der Waals surface area contributed by atoms with E-state index in [1.54, 1.807) is 6.92 Å². The highest BCUT2D eigenvalue weighted by Crippen LogP contribution is 2.40. The summed E-state index contributed by atoms with van der Waals surface area (Å²) >= 11 is 1.03. The molecule has 1 atom stereocenters. The smallest absolute Gasteiger partial charge is 0.341 e. The molecule has 1 aromatic carbocycles. The van der Waals surface area contributed by atoms with Gasteiger partial charge in [-0.2, -0.15) is 0 Å². The third-order valence-corrected chi connectivity index (χ3v) is 5.99. The van der Waals surface area contributed by atoms with Crippen molar-refractivity contribution in [2.45, 2.75) is 39.5 Å². The molecule has 0 unspecified atom stereocenters. The van der Waals surface area contributed by atoms with Crippen molar-refractivity contribution in [3.63, 3.8) is 0 Å². The van der Waals surface area contributed by atoms with Crippen molar-refractivity contribution in [1.82, 2.24) is 0 Å². The number of rotatable bonds is 5. The summed E-state index contributed by atoms with van der Waals surface area (Å²) < 4.78 is 73.3. The van der Waals surface area contributed by atoms with Crippen molar-refractivity contribution in [2.75, 3.05) is 11.9 Å². The molecule has 1 amide bonds. The molecule has 10 heteroatoms. The zero-order chi connectivity index (χ0) is 22.2. The van der Waals surface area contributed by atoms with Crippen LogP contribution in [0.5, 0.6) is 0 Å². The predicted molar refractivity (Wildman–Crippen MR) is 100 cm³/mol. The van der Waals surface area contributed by atoms with Gasteiger partial charge in [-0.05, 0) is 37.2 Å². The lowest BCUT2D eigenvalue weighted by atomic mass is 9.88. The fourth-order valence-electron chi connectivity index (χ4n) is 3.29. The van der Waals surface area contributed by atoms with Gasteiger partial charge in [0.05, 0.1) is 12.2 Å². The Kier molecular flexibility index (Phi) is 6.44. The molecule has 4 nitrogen and oxygen atoms in total. The average molecular weight is 447 g/mol. The summed E-state index contributed by atoms with van der Waals surface area (Å²) in [4.78, 5) is 25.8. The number of amides is 1. The minimum absolute atomic E-state index is 0.0378. The Morgan fingerprint density at radius 3 is 2.23 bits per heavy atom. The molecule has 0 saturated heterocycles. The largest absolute Gasteiger partial charge is 0.462 e. The summed E-state index contributed by atoms with van der Waals surface area (Å²) in [6.45, 7) is 3.94. The van der Waals surface area contributed by atoms with E-state index in [0.29, 0.717) is 30.7 Å². The molecule has 1 aliphatic carbocycles. The standard InChI is InChI=1S/C20H18F5NO3S/c1-3-6-29-20(28)11-9-5-4-8(2)7-10(9)30-19(11)26-18(27)12-13(21)15(23)17(25)16(24)14(12)22/h8H,3-7H2,1-2H3,(H,26,27)/t8-/m0/s1. The van der Waals surface area contributed by atoms with Crippen LogP contribution in [-0.4, -0.2) is 18.5 Å². The third kappa shape index (κ3) is 3.92. The van der Waals surface area contributed by atoms with Crippen LogP contribution in [0.2, 0.25) is 0 Å².